The lowest BCUT2D eigenvalue weighted by atomic mass is 9.91. The standard InChI is InChI=1S/C17H26N2O3S/c1-12(2)15-10-19(11-16(15)18(3)4)17(20)13-6-8-14(9-7-13)23(5,21)22/h6-9,12,15-16H,10-11H2,1-5H3/t15-,16+/m0/s1. The molecule has 1 aromatic carbocycles. The van der Waals surface area contributed by atoms with Gasteiger partial charge >= 0.3 is 0 Å². The number of benzene rings is 1. The van der Waals surface area contributed by atoms with E-state index in [4.69, 9.17) is 0 Å². The van der Waals surface area contributed by atoms with Crippen LogP contribution in [0, 0.1) is 11.8 Å². The van der Waals surface area contributed by atoms with Gasteiger partial charge < -0.3 is 9.80 Å². The quantitative estimate of drug-likeness (QED) is 0.839. The molecule has 1 amide bonds. The molecular formula is C17H26N2O3S. The molecule has 0 bridgehead atoms. The number of nitrogens with zero attached hydrogens (tertiary/aromatic N) is 2. The molecule has 5 nitrogen and oxygen atoms in total. The van der Waals surface area contributed by atoms with E-state index in [1.54, 1.807) is 12.1 Å². The van der Waals surface area contributed by atoms with Gasteiger partial charge in [0.15, 0.2) is 9.84 Å². The van der Waals surface area contributed by atoms with Crippen molar-refractivity contribution in [3.8, 4) is 0 Å². The Morgan fingerprint density at radius 2 is 1.74 bits per heavy atom. The third kappa shape index (κ3) is 3.93. The van der Waals surface area contributed by atoms with Crippen LogP contribution >= 0.6 is 0 Å². The highest BCUT2D eigenvalue weighted by Crippen LogP contribution is 2.28. The smallest absolute Gasteiger partial charge is 0.253 e. The largest absolute Gasteiger partial charge is 0.337 e. The lowest BCUT2D eigenvalue weighted by molar-refractivity contribution is 0.0779. The summed E-state index contributed by atoms with van der Waals surface area (Å²) >= 11 is 0. The molecule has 6 heteroatoms. The van der Waals surface area contributed by atoms with E-state index in [2.05, 4.69) is 32.8 Å². The highest BCUT2D eigenvalue weighted by molar-refractivity contribution is 7.90. The predicted molar refractivity (Wildman–Crippen MR) is 91.3 cm³/mol. The number of likely N-dealkylation sites (N-methyl/N-ethyl adjacent to an activating group) is 1. The van der Waals surface area contributed by atoms with Crippen LogP contribution in [0.2, 0.25) is 0 Å². The maximum absolute atomic E-state index is 12.7. The zero-order valence-electron chi connectivity index (χ0n) is 14.5. The molecule has 1 aromatic rings. The Morgan fingerprint density at radius 3 is 2.13 bits per heavy atom. The molecule has 23 heavy (non-hydrogen) atoms. The number of carbonyl (C=O) groups excluding carboxylic acids is 1. The van der Waals surface area contributed by atoms with E-state index in [-0.39, 0.29) is 10.8 Å². The summed E-state index contributed by atoms with van der Waals surface area (Å²) in [6.07, 6.45) is 1.17. The van der Waals surface area contributed by atoms with Crippen LogP contribution in [0.25, 0.3) is 0 Å². The van der Waals surface area contributed by atoms with Crippen LogP contribution in [-0.2, 0) is 9.84 Å². The zero-order chi connectivity index (χ0) is 17.4. The van der Waals surface area contributed by atoms with E-state index < -0.39 is 9.84 Å². The minimum atomic E-state index is -3.24. The Labute approximate surface area is 139 Å². The summed E-state index contributed by atoms with van der Waals surface area (Å²) in [4.78, 5) is 17.0. The van der Waals surface area contributed by atoms with Gasteiger partial charge in [-0.25, -0.2) is 8.42 Å². The van der Waals surface area contributed by atoms with Gasteiger partial charge in [0.05, 0.1) is 4.90 Å². The fraction of sp³-hybridized carbons (Fsp3) is 0.588. The van der Waals surface area contributed by atoms with Gasteiger partial charge in [0.25, 0.3) is 5.91 Å². The third-order valence-electron chi connectivity index (χ3n) is 4.67. The summed E-state index contributed by atoms with van der Waals surface area (Å²) in [7, 11) is 0.865. The minimum absolute atomic E-state index is 0.0277. The molecule has 0 aromatic heterocycles. The molecule has 1 saturated heterocycles. The molecule has 1 aliphatic heterocycles. The van der Waals surface area contributed by atoms with Crippen LogP contribution in [0.1, 0.15) is 24.2 Å². The number of sulfone groups is 1. The van der Waals surface area contributed by atoms with Gasteiger partial charge in [0.2, 0.25) is 0 Å². The van der Waals surface area contributed by atoms with E-state index in [1.165, 1.54) is 18.4 Å². The SMILES string of the molecule is CC(C)[C@@H]1CN(C(=O)c2ccc(S(C)(=O)=O)cc2)C[C@H]1N(C)C. The number of rotatable bonds is 4. The van der Waals surface area contributed by atoms with E-state index in [0.717, 1.165) is 6.54 Å². The first-order chi connectivity index (χ1) is 10.6. The van der Waals surface area contributed by atoms with Crippen molar-refractivity contribution in [2.24, 2.45) is 11.8 Å². The molecule has 2 atom stereocenters. The van der Waals surface area contributed by atoms with Crippen molar-refractivity contribution in [3.63, 3.8) is 0 Å². The highest BCUT2D eigenvalue weighted by Gasteiger charge is 2.38. The summed E-state index contributed by atoms with van der Waals surface area (Å²) in [6.45, 7) is 5.84. The van der Waals surface area contributed by atoms with Crippen molar-refractivity contribution >= 4 is 15.7 Å². The lowest BCUT2D eigenvalue weighted by Gasteiger charge is -2.27. The van der Waals surface area contributed by atoms with E-state index in [0.29, 0.717) is 30.0 Å². The Kier molecular flexibility index (Phi) is 5.16. The molecule has 0 N–H and O–H groups in total. The van der Waals surface area contributed by atoms with E-state index in [1.807, 2.05) is 4.90 Å². The fourth-order valence-electron chi connectivity index (χ4n) is 3.21. The summed E-state index contributed by atoms with van der Waals surface area (Å²) in [5.41, 5.74) is 0.541. The van der Waals surface area contributed by atoms with Crippen LogP contribution < -0.4 is 0 Å². The second-order valence-electron chi connectivity index (χ2n) is 6.95. The number of carbonyl (C=O) groups is 1. The molecule has 0 unspecified atom stereocenters. The molecule has 0 radical (unpaired) electrons. The molecule has 1 heterocycles. The van der Waals surface area contributed by atoms with Crippen molar-refractivity contribution in [2.45, 2.75) is 24.8 Å². The van der Waals surface area contributed by atoms with Crippen molar-refractivity contribution in [3.05, 3.63) is 29.8 Å². The first-order valence-corrected chi connectivity index (χ1v) is 9.76. The molecule has 128 valence electrons. The third-order valence-corrected chi connectivity index (χ3v) is 5.80. The van der Waals surface area contributed by atoms with Gasteiger partial charge in [-0.1, -0.05) is 13.8 Å². The maximum Gasteiger partial charge on any atom is 0.253 e. The molecule has 0 saturated carbocycles. The van der Waals surface area contributed by atoms with Gasteiger partial charge in [0.1, 0.15) is 0 Å². The number of hydrogen-bond donors (Lipinski definition) is 0. The molecule has 1 aliphatic rings. The normalized spacial score (nSPS) is 22.1. The summed E-state index contributed by atoms with van der Waals surface area (Å²) < 4.78 is 23.0. The Hall–Kier alpha value is -1.40. The van der Waals surface area contributed by atoms with Crippen molar-refractivity contribution in [1.82, 2.24) is 9.80 Å². The van der Waals surface area contributed by atoms with E-state index in [9.17, 15) is 13.2 Å². The number of amides is 1. The first-order valence-electron chi connectivity index (χ1n) is 7.87. The average Bonchev–Trinajstić information content (AvgIpc) is 2.91. The van der Waals surface area contributed by atoms with Crippen LogP contribution in [0.4, 0.5) is 0 Å². The molecule has 0 aliphatic carbocycles. The Bertz CT molecular complexity index is 650. The van der Waals surface area contributed by atoms with Gasteiger partial charge in [0, 0.05) is 31.0 Å². The van der Waals surface area contributed by atoms with Gasteiger partial charge in [-0.05, 0) is 50.2 Å². The van der Waals surface area contributed by atoms with Crippen LogP contribution in [0.3, 0.4) is 0 Å². The molecular weight excluding hydrogens is 312 g/mol. The predicted octanol–water partition coefficient (Wildman–Crippen LogP) is 1.75. The number of hydrogen-bond acceptors (Lipinski definition) is 4. The molecule has 1 fully saturated rings. The second kappa shape index (κ2) is 6.61. The van der Waals surface area contributed by atoms with Crippen molar-refractivity contribution in [1.29, 1.82) is 0 Å². The lowest BCUT2D eigenvalue weighted by Crippen LogP contribution is -2.37. The average molecular weight is 338 g/mol. The van der Waals surface area contributed by atoms with Crippen molar-refractivity contribution in [2.75, 3.05) is 33.4 Å². The monoisotopic (exact) mass is 338 g/mol. The number of likely N-dealkylation sites (tertiary alicyclic amines) is 1. The zero-order valence-corrected chi connectivity index (χ0v) is 15.3. The first kappa shape index (κ1) is 17.9. The Morgan fingerprint density at radius 1 is 1.17 bits per heavy atom. The molecule has 2 rings (SSSR count). The van der Waals surface area contributed by atoms with Crippen molar-refractivity contribution < 1.29 is 13.2 Å². The Balaban J connectivity index is 2.18. The fourth-order valence-corrected chi connectivity index (χ4v) is 3.84. The van der Waals surface area contributed by atoms with Gasteiger partial charge in [-0.15, -0.1) is 0 Å². The maximum atomic E-state index is 12.7. The van der Waals surface area contributed by atoms with Gasteiger partial charge in [-0.2, -0.15) is 0 Å². The topological polar surface area (TPSA) is 57.7 Å². The second-order valence-corrected chi connectivity index (χ2v) is 8.96. The van der Waals surface area contributed by atoms with Crippen LogP contribution in [0.5, 0.6) is 0 Å². The van der Waals surface area contributed by atoms with Gasteiger partial charge in [-0.3, -0.25) is 4.79 Å². The minimum Gasteiger partial charge on any atom is -0.337 e. The van der Waals surface area contributed by atoms with E-state index >= 15 is 0 Å². The van der Waals surface area contributed by atoms with Crippen LogP contribution in [0.15, 0.2) is 29.2 Å². The summed E-state index contributed by atoms with van der Waals surface area (Å²) in [6, 6.07) is 6.57. The highest BCUT2D eigenvalue weighted by atomic mass is 32.2. The summed E-state index contributed by atoms with van der Waals surface area (Å²) in [5.74, 6) is 0.928. The van der Waals surface area contributed by atoms with Crippen LogP contribution in [-0.4, -0.2) is 63.6 Å². The summed E-state index contributed by atoms with van der Waals surface area (Å²) in [5, 5.41) is 0. The molecule has 0 spiro atoms.